The molecule has 1 N–H and O–H groups in total. The number of H-pyrrole nitrogens is 1. The van der Waals surface area contributed by atoms with Gasteiger partial charge in [0, 0.05) is 30.4 Å². The molecule has 1 amide bonds. The van der Waals surface area contributed by atoms with Crippen LogP contribution in [-0.2, 0) is 13.1 Å². The third-order valence-electron chi connectivity index (χ3n) is 6.02. The minimum atomic E-state index is -0.0311. The molecule has 0 fully saturated rings. The molecule has 0 saturated carbocycles. The van der Waals surface area contributed by atoms with E-state index in [0.29, 0.717) is 25.3 Å². The number of fused-ring (bicyclic) bond motifs is 1. The van der Waals surface area contributed by atoms with Gasteiger partial charge in [-0.3, -0.25) is 9.78 Å². The molecule has 176 valence electrons. The highest BCUT2D eigenvalue weighted by molar-refractivity contribution is 6.06. The van der Waals surface area contributed by atoms with Crippen molar-refractivity contribution in [2.75, 3.05) is 27.2 Å². The number of aromatic nitrogens is 2. The van der Waals surface area contributed by atoms with Gasteiger partial charge in [-0.25, -0.2) is 0 Å². The number of carbonyl (C=O) groups is 1. The second-order valence-electron chi connectivity index (χ2n) is 8.88. The number of hydrogen-bond donors (Lipinski definition) is 1. The lowest BCUT2D eigenvalue weighted by Crippen LogP contribution is -2.30. The Morgan fingerprint density at radius 2 is 1.82 bits per heavy atom. The summed E-state index contributed by atoms with van der Waals surface area (Å²) >= 11 is 0. The maximum absolute atomic E-state index is 13.9. The number of amides is 1. The van der Waals surface area contributed by atoms with Crippen LogP contribution in [0.25, 0.3) is 10.9 Å². The molecule has 2 aromatic carbocycles. The molecule has 0 bridgehead atoms. The highest BCUT2D eigenvalue weighted by Crippen LogP contribution is 2.26. The van der Waals surface area contributed by atoms with E-state index in [0.717, 1.165) is 40.1 Å². The van der Waals surface area contributed by atoms with Crippen LogP contribution in [-0.4, -0.2) is 52.9 Å². The van der Waals surface area contributed by atoms with E-state index in [2.05, 4.69) is 27.9 Å². The Morgan fingerprint density at radius 1 is 1.00 bits per heavy atom. The van der Waals surface area contributed by atoms with E-state index in [-0.39, 0.29) is 5.91 Å². The van der Waals surface area contributed by atoms with Gasteiger partial charge in [0.2, 0.25) is 0 Å². The van der Waals surface area contributed by atoms with Crippen molar-refractivity contribution < 1.29 is 9.53 Å². The Bertz CT molecular complexity index is 1260. The van der Waals surface area contributed by atoms with E-state index in [1.807, 2.05) is 80.5 Å². The van der Waals surface area contributed by atoms with Crippen molar-refractivity contribution in [1.29, 1.82) is 0 Å². The summed E-state index contributed by atoms with van der Waals surface area (Å²) in [6.45, 7) is 6.44. The predicted octanol–water partition coefficient (Wildman–Crippen LogP) is 4.96. The molecule has 0 saturated heterocycles. The summed E-state index contributed by atoms with van der Waals surface area (Å²) in [6, 6.07) is 19.7. The second-order valence-corrected chi connectivity index (χ2v) is 8.88. The number of ether oxygens (including phenoxy) is 1. The molecule has 0 spiro atoms. The number of rotatable bonds is 9. The summed E-state index contributed by atoms with van der Waals surface area (Å²) in [4.78, 5) is 25.7. The molecule has 2 aromatic heterocycles. The highest BCUT2D eigenvalue weighted by atomic mass is 16.5. The van der Waals surface area contributed by atoms with Crippen molar-refractivity contribution in [2.45, 2.75) is 26.9 Å². The lowest BCUT2D eigenvalue weighted by Gasteiger charge is -2.23. The van der Waals surface area contributed by atoms with E-state index in [9.17, 15) is 4.79 Å². The fraction of sp³-hybridized carbons (Fsp3) is 0.286. The van der Waals surface area contributed by atoms with E-state index in [4.69, 9.17) is 4.74 Å². The molecule has 4 rings (SSSR count). The monoisotopic (exact) mass is 456 g/mol. The van der Waals surface area contributed by atoms with Crippen LogP contribution in [0.5, 0.6) is 5.75 Å². The van der Waals surface area contributed by atoms with E-state index >= 15 is 0 Å². The van der Waals surface area contributed by atoms with Crippen LogP contribution in [0.4, 0.5) is 0 Å². The number of para-hydroxylation sites is 1. The predicted molar refractivity (Wildman–Crippen MR) is 136 cm³/mol. The van der Waals surface area contributed by atoms with Crippen molar-refractivity contribution in [3.05, 3.63) is 94.9 Å². The van der Waals surface area contributed by atoms with Crippen molar-refractivity contribution in [3.63, 3.8) is 0 Å². The number of aryl methyl sites for hydroxylation is 2. The normalized spacial score (nSPS) is 11.2. The maximum atomic E-state index is 13.9. The number of benzene rings is 2. The van der Waals surface area contributed by atoms with Crippen LogP contribution in [0, 0.1) is 13.8 Å². The van der Waals surface area contributed by atoms with Crippen LogP contribution < -0.4 is 4.74 Å². The smallest absolute Gasteiger partial charge is 0.256 e. The number of nitrogens with zero attached hydrogens (tertiary/aromatic N) is 3. The molecule has 0 aliphatic heterocycles. The van der Waals surface area contributed by atoms with Crippen molar-refractivity contribution in [1.82, 2.24) is 19.8 Å². The molecule has 0 radical (unpaired) electrons. The Balaban J connectivity index is 1.63. The average molecular weight is 457 g/mol. The number of aromatic amines is 1. The number of likely N-dealkylation sites (N-methyl/N-ethyl adjacent to an activating group) is 1. The first-order valence-electron chi connectivity index (χ1n) is 11.6. The zero-order valence-corrected chi connectivity index (χ0v) is 20.3. The van der Waals surface area contributed by atoms with Crippen LogP contribution in [0.1, 0.15) is 32.9 Å². The van der Waals surface area contributed by atoms with Gasteiger partial charge in [0.05, 0.1) is 23.3 Å². The van der Waals surface area contributed by atoms with E-state index < -0.39 is 0 Å². The van der Waals surface area contributed by atoms with E-state index in [1.54, 1.807) is 6.20 Å². The van der Waals surface area contributed by atoms with Crippen LogP contribution in [0.2, 0.25) is 0 Å². The summed E-state index contributed by atoms with van der Waals surface area (Å²) < 4.78 is 5.91. The lowest BCUT2D eigenvalue weighted by atomic mass is 10.1. The number of nitrogens with one attached hydrogen (secondary N) is 1. The second kappa shape index (κ2) is 10.5. The zero-order valence-electron chi connectivity index (χ0n) is 20.3. The third-order valence-corrected chi connectivity index (χ3v) is 6.02. The van der Waals surface area contributed by atoms with Gasteiger partial charge < -0.3 is 19.5 Å². The number of hydrogen-bond acceptors (Lipinski definition) is 4. The van der Waals surface area contributed by atoms with Gasteiger partial charge in [0.25, 0.3) is 5.91 Å². The zero-order chi connectivity index (χ0) is 24.1. The summed E-state index contributed by atoms with van der Waals surface area (Å²) in [7, 11) is 4.04. The van der Waals surface area contributed by atoms with Gasteiger partial charge in [0.15, 0.2) is 0 Å². The minimum absolute atomic E-state index is 0.0311. The average Bonchev–Trinajstić information content (AvgIpc) is 3.12. The lowest BCUT2D eigenvalue weighted by molar-refractivity contribution is 0.0729. The fourth-order valence-corrected chi connectivity index (χ4v) is 4.02. The topological polar surface area (TPSA) is 61.5 Å². The first-order valence-corrected chi connectivity index (χ1v) is 11.6. The van der Waals surface area contributed by atoms with E-state index in [1.165, 1.54) is 5.56 Å². The summed E-state index contributed by atoms with van der Waals surface area (Å²) in [5.41, 5.74) is 5.66. The first kappa shape index (κ1) is 23.5. The summed E-state index contributed by atoms with van der Waals surface area (Å²) in [6.07, 6.45) is 1.76. The largest absolute Gasteiger partial charge is 0.492 e. The van der Waals surface area contributed by atoms with Gasteiger partial charge in [-0.05, 0) is 69.4 Å². The van der Waals surface area contributed by atoms with Crippen LogP contribution in [0.3, 0.4) is 0 Å². The molecular formula is C28H32N4O2. The molecule has 0 aliphatic rings. The molecule has 4 aromatic rings. The molecule has 0 aliphatic carbocycles. The first-order chi connectivity index (χ1) is 16.4. The molecule has 6 nitrogen and oxygen atoms in total. The third kappa shape index (κ3) is 5.46. The Kier molecular flexibility index (Phi) is 7.28. The number of pyridine rings is 1. The van der Waals surface area contributed by atoms with Gasteiger partial charge in [-0.15, -0.1) is 0 Å². The molecular weight excluding hydrogens is 424 g/mol. The SMILES string of the molecule is Cc1[nH]c2c(C(=O)N(Cc3cccc(OCCN(C)C)c3)Cc3ccccn3)cccc2c1C. The quantitative estimate of drug-likeness (QED) is 0.387. The Morgan fingerprint density at radius 3 is 2.59 bits per heavy atom. The number of carbonyl (C=O) groups excluding carboxylic acids is 1. The highest BCUT2D eigenvalue weighted by Gasteiger charge is 2.21. The van der Waals surface area contributed by atoms with Crippen LogP contribution >= 0.6 is 0 Å². The van der Waals surface area contributed by atoms with Crippen molar-refractivity contribution >= 4 is 16.8 Å². The van der Waals surface area contributed by atoms with Crippen molar-refractivity contribution in [2.24, 2.45) is 0 Å². The Labute approximate surface area is 201 Å². The Hall–Kier alpha value is -3.64. The van der Waals surface area contributed by atoms with Gasteiger partial charge >= 0.3 is 0 Å². The standard InChI is InChI=1S/C28H32N4O2/c1-20-21(2)30-27-25(20)12-8-13-26(27)28(33)32(19-23-10-5-6-14-29-23)18-22-9-7-11-24(17-22)34-16-15-31(3)4/h5-14,17,30H,15-16,18-19H2,1-4H3. The molecule has 2 heterocycles. The summed E-state index contributed by atoms with van der Waals surface area (Å²) in [5, 5.41) is 1.08. The van der Waals surface area contributed by atoms with Gasteiger partial charge in [-0.1, -0.05) is 30.3 Å². The molecule has 34 heavy (non-hydrogen) atoms. The molecule has 6 heteroatoms. The van der Waals surface area contributed by atoms with Crippen LogP contribution in [0.15, 0.2) is 66.9 Å². The summed E-state index contributed by atoms with van der Waals surface area (Å²) in [5.74, 6) is 0.777. The fourth-order valence-electron chi connectivity index (χ4n) is 4.02. The minimum Gasteiger partial charge on any atom is -0.492 e. The van der Waals surface area contributed by atoms with Gasteiger partial charge in [0.1, 0.15) is 12.4 Å². The van der Waals surface area contributed by atoms with Crippen molar-refractivity contribution in [3.8, 4) is 5.75 Å². The maximum Gasteiger partial charge on any atom is 0.256 e. The van der Waals surface area contributed by atoms with Gasteiger partial charge in [-0.2, -0.15) is 0 Å². The molecule has 0 atom stereocenters. The molecule has 0 unspecified atom stereocenters.